The van der Waals surface area contributed by atoms with Crippen molar-refractivity contribution in [1.29, 1.82) is 0 Å². The van der Waals surface area contributed by atoms with Gasteiger partial charge in [-0.2, -0.15) is 0 Å². The second kappa shape index (κ2) is 4.65. The molecule has 2 N–H and O–H groups in total. The van der Waals surface area contributed by atoms with E-state index in [1.807, 2.05) is 12.1 Å². The van der Waals surface area contributed by atoms with Crippen LogP contribution in [-0.4, -0.2) is 17.9 Å². The summed E-state index contributed by atoms with van der Waals surface area (Å²) < 4.78 is 0. The molecule has 0 radical (unpaired) electrons. The predicted molar refractivity (Wildman–Crippen MR) is 82.9 cm³/mol. The Bertz CT molecular complexity index is 725. The van der Waals surface area contributed by atoms with E-state index >= 15 is 0 Å². The first-order chi connectivity index (χ1) is 9.83. The first-order valence-electron chi connectivity index (χ1n) is 6.69. The van der Waals surface area contributed by atoms with Gasteiger partial charge in [0.05, 0.1) is 18.0 Å². The normalized spacial score (nSPS) is 25.2. The Balaban J connectivity index is 1.77. The number of benzene rings is 2. The summed E-state index contributed by atoms with van der Waals surface area (Å²) in [4.78, 5) is 12.1. The van der Waals surface area contributed by atoms with Crippen molar-refractivity contribution in [3.05, 3.63) is 53.4 Å². The van der Waals surface area contributed by atoms with Crippen LogP contribution in [0.5, 0.6) is 0 Å². The molecule has 4 rings (SSSR count). The summed E-state index contributed by atoms with van der Waals surface area (Å²) in [5.74, 6) is 0.0353. The highest BCUT2D eigenvalue weighted by Gasteiger charge is 2.39. The van der Waals surface area contributed by atoms with Gasteiger partial charge in [0, 0.05) is 0 Å². The predicted octanol–water partition coefficient (Wildman–Crippen LogP) is 2.55. The van der Waals surface area contributed by atoms with Crippen molar-refractivity contribution < 1.29 is 4.79 Å². The first-order valence-corrected chi connectivity index (χ1v) is 7.63. The van der Waals surface area contributed by atoms with Crippen LogP contribution < -0.4 is 10.6 Å². The third-order valence-corrected chi connectivity index (χ3v) is 5.03. The molecule has 0 aliphatic carbocycles. The molecule has 2 atom stereocenters. The summed E-state index contributed by atoms with van der Waals surface area (Å²) in [6, 6.07) is 14.7. The Hall–Kier alpha value is -1.78. The van der Waals surface area contributed by atoms with Gasteiger partial charge in [-0.1, -0.05) is 36.4 Å². The summed E-state index contributed by atoms with van der Waals surface area (Å²) in [5.41, 5.74) is 2.26. The van der Waals surface area contributed by atoms with Crippen molar-refractivity contribution in [2.75, 3.05) is 6.67 Å². The summed E-state index contributed by atoms with van der Waals surface area (Å²) in [5, 5.41) is 10.9. The Morgan fingerprint density at radius 3 is 2.85 bits per heavy atom. The van der Waals surface area contributed by atoms with Crippen molar-refractivity contribution in [1.82, 2.24) is 10.6 Å². The van der Waals surface area contributed by atoms with Crippen molar-refractivity contribution >= 4 is 34.0 Å². The lowest BCUT2D eigenvalue weighted by Crippen LogP contribution is -2.52. The van der Waals surface area contributed by atoms with E-state index in [-0.39, 0.29) is 17.2 Å². The van der Waals surface area contributed by atoms with E-state index in [0.717, 1.165) is 11.1 Å². The molecule has 2 aliphatic rings. The van der Waals surface area contributed by atoms with Crippen LogP contribution in [0.2, 0.25) is 0 Å². The fourth-order valence-corrected chi connectivity index (χ4v) is 4.05. The Morgan fingerprint density at radius 1 is 1.10 bits per heavy atom. The zero-order valence-corrected chi connectivity index (χ0v) is 11.6. The maximum absolute atomic E-state index is 12.1. The quantitative estimate of drug-likeness (QED) is 0.844. The van der Waals surface area contributed by atoms with Crippen LogP contribution in [-0.2, 0) is 4.79 Å². The second-order valence-corrected chi connectivity index (χ2v) is 6.11. The molecule has 4 heteroatoms. The summed E-state index contributed by atoms with van der Waals surface area (Å²) in [7, 11) is 0. The molecule has 2 aromatic rings. The van der Waals surface area contributed by atoms with Gasteiger partial charge in [0.25, 0.3) is 0 Å². The molecule has 0 spiro atoms. The Kier molecular flexibility index (Phi) is 2.79. The molecule has 2 unspecified atom stereocenters. The molecule has 20 heavy (non-hydrogen) atoms. The number of rotatable bonds is 1. The van der Waals surface area contributed by atoms with E-state index < -0.39 is 0 Å². The zero-order valence-electron chi connectivity index (χ0n) is 10.8. The van der Waals surface area contributed by atoms with Crippen LogP contribution in [0.1, 0.15) is 5.56 Å². The van der Waals surface area contributed by atoms with Gasteiger partial charge in [-0.25, -0.2) is 0 Å². The van der Waals surface area contributed by atoms with Gasteiger partial charge in [0.2, 0.25) is 5.91 Å². The molecular weight excluding hydrogens is 268 g/mol. The summed E-state index contributed by atoms with van der Waals surface area (Å²) >= 11 is 1.70. The smallest absolute Gasteiger partial charge is 0.231 e. The maximum atomic E-state index is 12.1. The average Bonchev–Trinajstić information content (AvgIpc) is 2.92. The zero-order chi connectivity index (χ0) is 13.5. The molecule has 1 saturated heterocycles. The molecular formula is C16H14N2OS. The number of carbonyl (C=O) groups excluding carboxylic acids is 1. The Labute approximate surface area is 121 Å². The number of amides is 1. The third kappa shape index (κ3) is 1.84. The molecule has 2 aliphatic heterocycles. The third-order valence-electron chi connectivity index (χ3n) is 3.91. The summed E-state index contributed by atoms with van der Waals surface area (Å²) in [6.07, 6.45) is 0. The van der Waals surface area contributed by atoms with Crippen LogP contribution >= 0.6 is 11.8 Å². The van der Waals surface area contributed by atoms with Gasteiger partial charge in [0.1, 0.15) is 0 Å². The lowest BCUT2D eigenvalue weighted by atomic mass is 9.91. The van der Waals surface area contributed by atoms with E-state index in [1.165, 1.54) is 10.8 Å². The molecule has 1 fully saturated rings. The molecule has 0 bridgehead atoms. The van der Waals surface area contributed by atoms with Gasteiger partial charge >= 0.3 is 0 Å². The van der Waals surface area contributed by atoms with Gasteiger partial charge in [-0.15, -0.1) is 11.8 Å². The Morgan fingerprint density at radius 2 is 1.95 bits per heavy atom. The van der Waals surface area contributed by atoms with Gasteiger partial charge < -0.3 is 5.32 Å². The average molecular weight is 282 g/mol. The molecule has 2 aromatic carbocycles. The number of hydrogen-bond donors (Lipinski definition) is 2. The van der Waals surface area contributed by atoms with E-state index in [2.05, 4.69) is 46.4 Å². The van der Waals surface area contributed by atoms with Gasteiger partial charge in [-0.3, -0.25) is 10.1 Å². The van der Waals surface area contributed by atoms with Crippen molar-refractivity contribution in [3.63, 3.8) is 0 Å². The topological polar surface area (TPSA) is 41.1 Å². The number of nitrogens with one attached hydrogen (secondary N) is 2. The van der Waals surface area contributed by atoms with Crippen LogP contribution in [0.4, 0.5) is 0 Å². The summed E-state index contributed by atoms with van der Waals surface area (Å²) in [6.45, 7) is 0.561. The molecule has 2 heterocycles. The highest BCUT2D eigenvalue weighted by molar-refractivity contribution is 8.03. The van der Waals surface area contributed by atoms with Crippen molar-refractivity contribution in [3.8, 4) is 0 Å². The lowest BCUT2D eigenvalue weighted by molar-refractivity contribution is -0.124. The van der Waals surface area contributed by atoms with E-state index in [9.17, 15) is 4.79 Å². The largest absolute Gasteiger partial charge is 0.343 e. The second-order valence-electron chi connectivity index (χ2n) is 5.09. The highest BCUT2D eigenvalue weighted by Crippen LogP contribution is 2.41. The number of carbonyl (C=O) groups is 1. The minimum Gasteiger partial charge on any atom is -0.343 e. The van der Waals surface area contributed by atoms with Gasteiger partial charge in [0.15, 0.2) is 0 Å². The molecule has 1 amide bonds. The number of hydrogen-bond acceptors (Lipinski definition) is 3. The SMILES string of the molecule is O=C1NCNC2SC=C(c3ccc4ccccc4c3)C12. The van der Waals surface area contributed by atoms with E-state index in [1.54, 1.807) is 11.8 Å². The van der Waals surface area contributed by atoms with Crippen molar-refractivity contribution in [2.45, 2.75) is 5.37 Å². The first kappa shape index (κ1) is 12.0. The highest BCUT2D eigenvalue weighted by atomic mass is 32.2. The molecule has 100 valence electrons. The molecule has 0 aromatic heterocycles. The van der Waals surface area contributed by atoms with Crippen LogP contribution in [0, 0.1) is 5.92 Å². The number of thioether (sulfide) groups is 1. The minimum atomic E-state index is -0.0880. The fourth-order valence-electron chi connectivity index (χ4n) is 2.87. The van der Waals surface area contributed by atoms with Gasteiger partial charge in [-0.05, 0) is 33.4 Å². The maximum Gasteiger partial charge on any atom is 0.231 e. The molecule has 0 saturated carbocycles. The standard InChI is InChI=1S/C16H14N2OS/c19-15-14-13(8-20-16(14)18-9-17-15)12-6-5-10-3-1-2-4-11(10)7-12/h1-8,14,16,18H,9H2,(H,17,19). The minimum absolute atomic E-state index is 0.0880. The van der Waals surface area contributed by atoms with Crippen LogP contribution in [0.25, 0.3) is 16.3 Å². The van der Waals surface area contributed by atoms with Crippen molar-refractivity contribution in [2.24, 2.45) is 5.92 Å². The lowest BCUT2D eigenvalue weighted by Gasteiger charge is -2.28. The van der Waals surface area contributed by atoms with Crippen LogP contribution in [0.3, 0.4) is 0 Å². The fraction of sp³-hybridized carbons (Fsp3) is 0.188. The monoisotopic (exact) mass is 282 g/mol. The molecule has 3 nitrogen and oxygen atoms in total. The number of fused-ring (bicyclic) bond motifs is 2. The van der Waals surface area contributed by atoms with E-state index in [4.69, 9.17) is 0 Å². The van der Waals surface area contributed by atoms with Crippen LogP contribution in [0.15, 0.2) is 47.9 Å². The van der Waals surface area contributed by atoms with E-state index in [0.29, 0.717) is 6.67 Å².